The first-order valence-electron chi connectivity index (χ1n) is 6.84. The summed E-state index contributed by atoms with van der Waals surface area (Å²) in [6, 6.07) is -0.524. The Balaban J connectivity index is 2.12. The minimum Gasteiger partial charge on any atom is -0.476 e. The Morgan fingerprint density at radius 3 is 2.95 bits per heavy atom. The van der Waals surface area contributed by atoms with Crippen LogP contribution in [0.4, 0.5) is 11.5 Å². The van der Waals surface area contributed by atoms with Crippen molar-refractivity contribution in [3.8, 4) is 5.88 Å². The third kappa shape index (κ3) is 3.21. The van der Waals surface area contributed by atoms with Crippen LogP contribution in [0.25, 0.3) is 0 Å². The Labute approximate surface area is 122 Å². The van der Waals surface area contributed by atoms with E-state index in [9.17, 15) is 9.59 Å². The molecule has 1 aliphatic rings. The highest BCUT2D eigenvalue weighted by atomic mass is 16.5. The van der Waals surface area contributed by atoms with Crippen LogP contribution in [-0.4, -0.2) is 46.4 Å². The van der Waals surface area contributed by atoms with E-state index in [4.69, 9.17) is 10.5 Å². The standard InChI is InChI=1S/C13H19N5O3/c1-3-6-21-12-10(14)11(15-7-16-12)17-8-4-5-9(19)18(2)13(8)20/h7-8H,3-6,14H2,1-2H3,(H,15,16,17). The van der Waals surface area contributed by atoms with Gasteiger partial charge in [-0.2, -0.15) is 4.98 Å². The number of likely N-dealkylation sites (tertiary alicyclic amines) is 1. The van der Waals surface area contributed by atoms with Crippen molar-refractivity contribution in [1.29, 1.82) is 0 Å². The molecule has 1 saturated heterocycles. The van der Waals surface area contributed by atoms with Gasteiger partial charge in [-0.3, -0.25) is 14.5 Å². The van der Waals surface area contributed by atoms with E-state index in [1.54, 1.807) is 0 Å². The highest BCUT2D eigenvalue weighted by Gasteiger charge is 2.32. The number of nitrogens with one attached hydrogen (secondary N) is 1. The maximum atomic E-state index is 12.0. The summed E-state index contributed by atoms with van der Waals surface area (Å²) in [5.41, 5.74) is 6.21. The van der Waals surface area contributed by atoms with E-state index in [1.807, 2.05) is 6.92 Å². The number of ether oxygens (including phenoxy) is 1. The molecule has 1 unspecified atom stereocenters. The van der Waals surface area contributed by atoms with E-state index in [0.29, 0.717) is 31.1 Å². The quantitative estimate of drug-likeness (QED) is 0.756. The van der Waals surface area contributed by atoms with Crippen molar-refractivity contribution in [1.82, 2.24) is 14.9 Å². The Bertz CT molecular complexity index is 549. The molecule has 0 radical (unpaired) electrons. The lowest BCUT2D eigenvalue weighted by molar-refractivity contribution is -0.146. The zero-order valence-corrected chi connectivity index (χ0v) is 12.1. The highest BCUT2D eigenvalue weighted by Crippen LogP contribution is 2.26. The second-order valence-corrected chi connectivity index (χ2v) is 4.82. The van der Waals surface area contributed by atoms with E-state index in [-0.39, 0.29) is 17.5 Å². The molecule has 1 fully saturated rings. The molecule has 0 spiro atoms. The summed E-state index contributed by atoms with van der Waals surface area (Å²) in [6.45, 7) is 2.48. The predicted octanol–water partition coefficient (Wildman–Crippen LogP) is 0.407. The predicted molar refractivity (Wildman–Crippen MR) is 76.7 cm³/mol. The number of anilines is 2. The molecule has 21 heavy (non-hydrogen) atoms. The van der Waals surface area contributed by atoms with Gasteiger partial charge in [-0.15, -0.1) is 0 Å². The smallest absolute Gasteiger partial charge is 0.251 e. The van der Waals surface area contributed by atoms with E-state index < -0.39 is 6.04 Å². The van der Waals surface area contributed by atoms with Crippen LogP contribution in [0.5, 0.6) is 5.88 Å². The molecular formula is C13H19N5O3. The van der Waals surface area contributed by atoms with Crippen molar-refractivity contribution in [3.05, 3.63) is 6.33 Å². The van der Waals surface area contributed by atoms with Gasteiger partial charge in [-0.05, 0) is 12.8 Å². The van der Waals surface area contributed by atoms with E-state index >= 15 is 0 Å². The molecule has 1 aromatic heterocycles. The third-order valence-electron chi connectivity index (χ3n) is 3.25. The summed E-state index contributed by atoms with van der Waals surface area (Å²) in [6.07, 6.45) is 2.88. The molecule has 0 aliphatic carbocycles. The zero-order valence-electron chi connectivity index (χ0n) is 12.1. The Morgan fingerprint density at radius 1 is 1.48 bits per heavy atom. The molecule has 0 aromatic carbocycles. The van der Waals surface area contributed by atoms with Crippen molar-refractivity contribution in [3.63, 3.8) is 0 Å². The highest BCUT2D eigenvalue weighted by molar-refractivity contribution is 6.01. The number of nitrogens with two attached hydrogens (primary N) is 1. The van der Waals surface area contributed by atoms with Crippen molar-refractivity contribution >= 4 is 23.3 Å². The number of likely N-dealkylation sites (N-methyl/N-ethyl adjacent to an activating group) is 1. The fraction of sp³-hybridized carbons (Fsp3) is 0.538. The van der Waals surface area contributed by atoms with Crippen LogP contribution < -0.4 is 15.8 Å². The van der Waals surface area contributed by atoms with Crippen molar-refractivity contribution in [2.75, 3.05) is 24.7 Å². The van der Waals surface area contributed by atoms with E-state index in [0.717, 1.165) is 11.3 Å². The number of aromatic nitrogens is 2. The van der Waals surface area contributed by atoms with Crippen LogP contribution in [0.3, 0.4) is 0 Å². The molecule has 1 atom stereocenters. The monoisotopic (exact) mass is 293 g/mol. The molecule has 2 rings (SSSR count). The SMILES string of the molecule is CCCOc1ncnc(NC2CCC(=O)N(C)C2=O)c1N. The summed E-state index contributed by atoms with van der Waals surface area (Å²) in [5, 5.41) is 2.97. The lowest BCUT2D eigenvalue weighted by Gasteiger charge is -2.28. The second kappa shape index (κ2) is 6.38. The number of imide groups is 1. The molecular weight excluding hydrogens is 274 g/mol. The summed E-state index contributed by atoms with van der Waals surface area (Å²) < 4.78 is 5.42. The Kier molecular flexibility index (Phi) is 4.56. The minimum atomic E-state index is -0.524. The number of amides is 2. The molecule has 0 saturated carbocycles. The van der Waals surface area contributed by atoms with Gasteiger partial charge in [0.15, 0.2) is 5.82 Å². The fourth-order valence-electron chi connectivity index (χ4n) is 2.02. The van der Waals surface area contributed by atoms with Gasteiger partial charge < -0.3 is 15.8 Å². The van der Waals surface area contributed by atoms with Gasteiger partial charge >= 0.3 is 0 Å². The molecule has 8 nitrogen and oxygen atoms in total. The summed E-state index contributed by atoms with van der Waals surface area (Å²) in [5.74, 6) is 0.167. The molecule has 114 valence electrons. The van der Waals surface area contributed by atoms with Gasteiger partial charge in [-0.1, -0.05) is 6.92 Å². The Morgan fingerprint density at radius 2 is 2.24 bits per heavy atom. The minimum absolute atomic E-state index is 0.180. The molecule has 3 N–H and O–H groups in total. The summed E-state index contributed by atoms with van der Waals surface area (Å²) >= 11 is 0. The number of carbonyl (C=O) groups is 2. The first-order chi connectivity index (χ1) is 10.0. The first kappa shape index (κ1) is 15.0. The van der Waals surface area contributed by atoms with Crippen LogP contribution in [0.1, 0.15) is 26.2 Å². The van der Waals surface area contributed by atoms with Crippen LogP contribution in [0, 0.1) is 0 Å². The van der Waals surface area contributed by atoms with Gasteiger partial charge in [0.1, 0.15) is 18.1 Å². The van der Waals surface area contributed by atoms with Crippen LogP contribution in [-0.2, 0) is 9.59 Å². The van der Waals surface area contributed by atoms with Crippen LogP contribution >= 0.6 is 0 Å². The molecule has 2 heterocycles. The number of carbonyl (C=O) groups excluding carboxylic acids is 2. The van der Waals surface area contributed by atoms with E-state index in [1.165, 1.54) is 13.4 Å². The van der Waals surface area contributed by atoms with Crippen molar-refractivity contribution in [2.24, 2.45) is 0 Å². The number of nitrogen functional groups attached to an aromatic ring is 1. The average Bonchev–Trinajstić information content (AvgIpc) is 2.48. The lowest BCUT2D eigenvalue weighted by Crippen LogP contribution is -2.48. The number of hydrogen-bond donors (Lipinski definition) is 2. The summed E-state index contributed by atoms with van der Waals surface area (Å²) in [7, 11) is 1.47. The first-order valence-corrected chi connectivity index (χ1v) is 6.84. The van der Waals surface area contributed by atoms with Crippen molar-refractivity contribution in [2.45, 2.75) is 32.2 Å². The molecule has 1 aliphatic heterocycles. The Hall–Kier alpha value is -2.38. The number of rotatable bonds is 5. The zero-order chi connectivity index (χ0) is 15.4. The van der Waals surface area contributed by atoms with Gasteiger partial charge in [-0.25, -0.2) is 4.98 Å². The van der Waals surface area contributed by atoms with Crippen molar-refractivity contribution < 1.29 is 14.3 Å². The van der Waals surface area contributed by atoms with Gasteiger partial charge in [0.25, 0.3) is 5.91 Å². The van der Waals surface area contributed by atoms with Gasteiger partial charge in [0.2, 0.25) is 11.8 Å². The van der Waals surface area contributed by atoms with Gasteiger partial charge in [0, 0.05) is 13.5 Å². The molecule has 8 heteroatoms. The topological polar surface area (TPSA) is 110 Å². The number of hydrogen-bond acceptors (Lipinski definition) is 7. The van der Waals surface area contributed by atoms with E-state index in [2.05, 4.69) is 15.3 Å². The molecule has 0 bridgehead atoms. The lowest BCUT2D eigenvalue weighted by atomic mass is 10.0. The van der Waals surface area contributed by atoms with Crippen LogP contribution in [0.15, 0.2) is 6.33 Å². The third-order valence-corrected chi connectivity index (χ3v) is 3.25. The second-order valence-electron chi connectivity index (χ2n) is 4.82. The normalized spacial score (nSPS) is 18.8. The maximum Gasteiger partial charge on any atom is 0.251 e. The summed E-state index contributed by atoms with van der Waals surface area (Å²) in [4.78, 5) is 32.6. The fourth-order valence-corrected chi connectivity index (χ4v) is 2.02. The largest absolute Gasteiger partial charge is 0.476 e. The number of nitrogens with zero attached hydrogens (tertiary/aromatic N) is 3. The average molecular weight is 293 g/mol. The van der Waals surface area contributed by atoms with Gasteiger partial charge in [0.05, 0.1) is 6.61 Å². The maximum absolute atomic E-state index is 12.0. The molecule has 1 aromatic rings. The van der Waals surface area contributed by atoms with Crippen LogP contribution in [0.2, 0.25) is 0 Å². The molecule has 2 amide bonds. The number of piperidine rings is 1.